The van der Waals surface area contributed by atoms with E-state index in [-0.39, 0.29) is 24.3 Å². The van der Waals surface area contributed by atoms with Gasteiger partial charge in [0, 0.05) is 36.5 Å². The molecule has 7 nitrogen and oxygen atoms in total. The van der Waals surface area contributed by atoms with Crippen LogP contribution in [-0.4, -0.2) is 47.0 Å². The lowest BCUT2D eigenvalue weighted by Gasteiger charge is -2.33. The molecule has 2 amide bonds. The zero-order chi connectivity index (χ0) is 18.8. The van der Waals surface area contributed by atoms with Crippen LogP contribution in [0.4, 0.5) is 11.6 Å². The topological polar surface area (TPSA) is 78.4 Å². The molecule has 2 fully saturated rings. The van der Waals surface area contributed by atoms with Crippen LogP contribution in [0, 0.1) is 0 Å². The Bertz CT molecular complexity index is 822. The molecule has 2 aromatic rings. The number of nitrogens with one attached hydrogen (secondary N) is 1. The van der Waals surface area contributed by atoms with Crippen LogP contribution in [0.5, 0.6) is 0 Å². The first-order chi connectivity index (χ1) is 13.1. The minimum atomic E-state index is -0.474. The lowest BCUT2D eigenvalue weighted by molar-refractivity contribution is -0.121. The lowest BCUT2D eigenvalue weighted by atomic mass is 10.0. The van der Waals surface area contributed by atoms with Crippen LogP contribution in [0.25, 0.3) is 0 Å². The summed E-state index contributed by atoms with van der Waals surface area (Å²) < 4.78 is 0. The Morgan fingerprint density at radius 2 is 1.70 bits per heavy atom. The molecule has 1 aromatic heterocycles. The predicted molar refractivity (Wildman–Crippen MR) is 103 cm³/mol. The van der Waals surface area contributed by atoms with Gasteiger partial charge in [-0.2, -0.15) is 0 Å². The fraction of sp³-hybridized carbons (Fsp3) is 0.368. The van der Waals surface area contributed by atoms with E-state index >= 15 is 0 Å². The number of amides is 2. The van der Waals surface area contributed by atoms with Gasteiger partial charge in [0.05, 0.1) is 18.2 Å². The van der Waals surface area contributed by atoms with Gasteiger partial charge in [0.25, 0.3) is 5.91 Å². The maximum Gasteiger partial charge on any atom is 0.251 e. The number of carbonyl (C=O) groups excluding carboxylic acids is 2. The SMILES string of the molecule is O=C1C[C@H](NC2CCN(c3ncccn3)CC2)C(=O)N1c1ccc(Cl)cc1. The Kier molecular flexibility index (Phi) is 5.05. The number of imide groups is 1. The Morgan fingerprint density at radius 3 is 2.37 bits per heavy atom. The van der Waals surface area contributed by atoms with E-state index in [0.717, 1.165) is 31.9 Å². The second kappa shape index (κ2) is 7.62. The van der Waals surface area contributed by atoms with E-state index in [0.29, 0.717) is 10.7 Å². The van der Waals surface area contributed by atoms with Crippen LogP contribution in [0.15, 0.2) is 42.7 Å². The number of benzene rings is 1. The van der Waals surface area contributed by atoms with Crippen LogP contribution in [0.3, 0.4) is 0 Å². The number of rotatable bonds is 4. The van der Waals surface area contributed by atoms with Crippen molar-refractivity contribution >= 4 is 35.1 Å². The molecule has 4 rings (SSSR count). The molecule has 0 radical (unpaired) electrons. The van der Waals surface area contributed by atoms with Crippen LogP contribution < -0.4 is 15.1 Å². The Hall–Kier alpha value is -2.51. The zero-order valence-electron chi connectivity index (χ0n) is 14.7. The number of halogens is 1. The maximum absolute atomic E-state index is 12.7. The molecule has 2 saturated heterocycles. The summed E-state index contributed by atoms with van der Waals surface area (Å²) >= 11 is 5.89. The summed E-state index contributed by atoms with van der Waals surface area (Å²) in [6.45, 7) is 1.63. The van der Waals surface area contributed by atoms with E-state index in [4.69, 9.17) is 11.6 Å². The molecule has 0 spiro atoms. The molecule has 3 heterocycles. The maximum atomic E-state index is 12.7. The van der Waals surface area contributed by atoms with E-state index in [1.54, 1.807) is 42.7 Å². The number of piperidine rings is 1. The van der Waals surface area contributed by atoms with E-state index in [1.807, 2.05) is 0 Å². The van der Waals surface area contributed by atoms with Crippen LogP contribution in [0.2, 0.25) is 5.02 Å². The third-order valence-electron chi connectivity index (χ3n) is 5.00. The third kappa shape index (κ3) is 3.79. The molecule has 8 heteroatoms. The summed E-state index contributed by atoms with van der Waals surface area (Å²) in [5.41, 5.74) is 0.565. The minimum Gasteiger partial charge on any atom is -0.341 e. The average molecular weight is 386 g/mol. The molecule has 0 aliphatic carbocycles. The van der Waals surface area contributed by atoms with Crippen molar-refractivity contribution in [3.63, 3.8) is 0 Å². The lowest BCUT2D eigenvalue weighted by Crippen LogP contribution is -2.49. The highest BCUT2D eigenvalue weighted by atomic mass is 35.5. The molecule has 0 unspecified atom stereocenters. The van der Waals surface area contributed by atoms with Crippen LogP contribution in [-0.2, 0) is 9.59 Å². The summed E-state index contributed by atoms with van der Waals surface area (Å²) in [7, 11) is 0. The first kappa shape index (κ1) is 17.9. The van der Waals surface area contributed by atoms with Gasteiger partial charge in [-0.1, -0.05) is 11.6 Å². The van der Waals surface area contributed by atoms with Crippen LogP contribution in [0.1, 0.15) is 19.3 Å². The van der Waals surface area contributed by atoms with E-state index in [1.165, 1.54) is 4.90 Å². The molecular formula is C19H20ClN5O2. The minimum absolute atomic E-state index is 0.184. The van der Waals surface area contributed by atoms with Crippen molar-refractivity contribution in [2.24, 2.45) is 0 Å². The van der Waals surface area contributed by atoms with Gasteiger partial charge in [0.1, 0.15) is 0 Å². The van der Waals surface area contributed by atoms with Gasteiger partial charge in [-0.05, 0) is 43.2 Å². The van der Waals surface area contributed by atoms with Crippen molar-refractivity contribution in [3.05, 3.63) is 47.7 Å². The Labute approximate surface area is 162 Å². The van der Waals surface area contributed by atoms with Crippen molar-refractivity contribution in [3.8, 4) is 0 Å². The van der Waals surface area contributed by atoms with Gasteiger partial charge in [0.2, 0.25) is 11.9 Å². The van der Waals surface area contributed by atoms with Gasteiger partial charge in [0.15, 0.2) is 0 Å². The molecular weight excluding hydrogens is 366 g/mol. The number of hydrogen-bond acceptors (Lipinski definition) is 6. The summed E-state index contributed by atoms with van der Waals surface area (Å²) in [4.78, 5) is 37.1. The fourth-order valence-electron chi connectivity index (χ4n) is 3.61. The van der Waals surface area contributed by atoms with Gasteiger partial charge in [-0.15, -0.1) is 0 Å². The number of hydrogen-bond donors (Lipinski definition) is 1. The van der Waals surface area contributed by atoms with Gasteiger partial charge in [-0.3, -0.25) is 9.59 Å². The normalized spacial score (nSPS) is 21.1. The second-order valence-corrected chi connectivity index (χ2v) is 7.21. The molecule has 0 bridgehead atoms. The third-order valence-corrected chi connectivity index (χ3v) is 5.25. The van der Waals surface area contributed by atoms with E-state index in [2.05, 4.69) is 20.2 Å². The molecule has 1 N–H and O–H groups in total. The van der Waals surface area contributed by atoms with Crippen molar-refractivity contribution in [2.45, 2.75) is 31.3 Å². The fourth-order valence-corrected chi connectivity index (χ4v) is 3.73. The Balaban J connectivity index is 1.36. The highest BCUT2D eigenvalue weighted by molar-refractivity contribution is 6.30. The van der Waals surface area contributed by atoms with Crippen LogP contribution >= 0.6 is 11.6 Å². The number of anilines is 2. The Morgan fingerprint density at radius 1 is 1.04 bits per heavy atom. The average Bonchev–Trinajstić information content (AvgIpc) is 2.97. The highest BCUT2D eigenvalue weighted by Crippen LogP contribution is 2.25. The van der Waals surface area contributed by atoms with Gasteiger partial charge < -0.3 is 10.2 Å². The number of aromatic nitrogens is 2. The smallest absolute Gasteiger partial charge is 0.251 e. The first-order valence-electron chi connectivity index (χ1n) is 9.02. The quantitative estimate of drug-likeness (QED) is 0.811. The molecule has 2 aliphatic heterocycles. The molecule has 2 aliphatic rings. The molecule has 1 aromatic carbocycles. The predicted octanol–water partition coefficient (Wildman–Crippen LogP) is 2.02. The van der Waals surface area contributed by atoms with E-state index < -0.39 is 6.04 Å². The van der Waals surface area contributed by atoms with Gasteiger partial charge >= 0.3 is 0 Å². The van der Waals surface area contributed by atoms with Crippen molar-refractivity contribution in [1.29, 1.82) is 0 Å². The van der Waals surface area contributed by atoms with E-state index in [9.17, 15) is 9.59 Å². The largest absolute Gasteiger partial charge is 0.341 e. The van der Waals surface area contributed by atoms with Gasteiger partial charge in [-0.25, -0.2) is 14.9 Å². The van der Waals surface area contributed by atoms with Crippen molar-refractivity contribution in [2.75, 3.05) is 22.9 Å². The first-order valence-corrected chi connectivity index (χ1v) is 9.40. The second-order valence-electron chi connectivity index (χ2n) is 6.78. The zero-order valence-corrected chi connectivity index (χ0v) is 15.5. The molecule has 1 atom stereocenters. The molecule has 0 saturated carbocycles. The number of carbonyl (C=O) groups is 2. The summed E-state index contributed by atoms with van der Waals surface area (Å²) in [5, 5.41) is 3.95. The van der Waals surface area contributed by atoms with Crippen molar-refractivity contribution in [1.82, 2.24) is 15.3 Å². The summed E-state index contributed by atoms with van der Waals surface area (Å²) in [5.74, 6) is 0.350. The number of nitrogens with zero attached hydrogens (tertiary/aromatic N) is 4. The highest BCUT2D eigenvalue weighted by Gasteiger charge is 2.40. The summed E-state index contributed by atoms with van der Waals surface area (Å²) in [6.07, 6.45) is 5.40. The summed E-state index contributed by atoms with van der Waals surface area (Å²) in [6, 6.07) is 8.26. The standard InChI is InChI=1S/C19H20ClN5O2/c20-13-2-4-15(5-3-13)25-17(26)12-16(18(25)27)23-14-6-10-24(11-7-14)19-21-8-1-9-22-19/h1-5,8-9,14,16,23H,6-7,10-12H2/t16-/m0/s1. The van der Waals surface area contributed by atoms with Crippen molar-refractivity contribution < 1.29 is 9.59 Å². The molecule has 140 valence electrons. The monoisotopic (exact) mass is 385 g/mol. The molecule has 27 heavy (non-hydrogen) atoms.